The first-order valence-electron chi connectivity index (χ1n) is 0.975. The summed E-state index contributed by atoms with van der Waals surface area (Å²) in [5, 5.41) is 8.95. The van der Waals surface area contributed by atoms with Crippen molar-refractivity contribution in [2.75, 3.05) is 0 Å². The summed E-state index contributed by atoms with van der Waals surface area (Å²) in [5.41, 5.74) is 0. The van der Waals surface area contributed by atoms with Crippen molar-refractivity contribution in [3.05, 3.63) is 0 Å². The zero-order valence-corrected chi connectivity index (χ0v) is 4.33. The van der Waals surface area contributed by atoms with Gasteiger partial charge in [0.05, 0.1) is 0 Å². The number of thiocyanates is 1. The standard InChI is InChI=1S/CNO2PS/c2-1-6-5(3)4. The number of nitrogens with zero attached hydrogens (tertiary/aromatic N) is 1. The van der Waals surface area contributed by atoms with Gasteiger partial charge in [0.15, 0.2) is 5.40 Å². The molecule has 3 nitrogen and oxygen atoms in total. The minimum atomic E-state index is -2.55. The summed E-state index contributed by atoms with van der Waals surface area (Å²) in [6, 6.07) is 0. The topological polar surface area (TPSA) is 63.9 Å². The summed E-state index contributed by atoms with van der Waals surface area (Å²) in [6.07, 6.45) is 0. The van der Waals surface area contributed by atoms with E-state index in [0.29, 0.717) is 0 Å². The van der Waals surface area contributed by atoms with Crippen LogP contribution in [0.15, 0.2) is 0 Å². The average Bonchev–Trinajstić information content (AvgIpc) is 1.35. The van der Waals surface area contributed by atoms with Gasteiger partial charge in [-0.15, -0.1) is 0 Å². The van der Waals surface area contributed by atoms with Crippen LogP contribution in [0.4, 0.5) is 0 Å². The highest BCUT2D eigenvalue weighted by molar-refractivity contribution is 8.52. The highest BCUT2D eigenvalue weighted by Gasteiger charge is 1.96. The third-order valence-electron chi connectivity index (χ3n) is 0.115. The number of nitriles is 1. The van der Waals surface area contributed by atoms with Crippen molar-refractivity contribution in [3.8, 4) is 5.40 Å². The van der Waals surface area contributed by atoms with Crippen molar-refractivity contribution in [1.82, 2.24) is 0 Å². The second-order valence-corrected chi connectivity index (χ2v) is 2.66. The van der Waals surface area contributed by atoms with Crippen LogP contribution < -0.4 is 4.89 Å². The number of rotatable bonds is 1. The summed E-state index contributed by atoms with van der Waals surface area (Å²) in [5.74, 6) is 0. The quantitative estimate of drug-likeness (QED) is 0.367. The number of hydrogen-bond acceptors (Lipinski definition) is 4. The Morgan fingerprint density at radius 1 is 2.00 bits per heavy atom. The van der Waals surface area contributed by atoms with Crippen LogP contribution in [0, 0.1) is 10.7 Å². The molecule has 0 spiro atoms. The lowest BCUT2D eigenvalue weighted by atomic mass is 11.8. The molecule has 1 unspecified atom stereocenters. The van der Waals surface area contributed by atoms with Crippen LogP contribution >= 0.6 is 18.6 Å². The predicted octanol–water partition coefficient (Wildman–Crippen LogP) is 0.218. The molecule has 0 aromatic heterocycles. The molecule has 0 radical (unpaired) electrons. The molecule has 0 amide bonds. The van der Waals surface area contributed by atoms with Gasteiger partial charge in [-0.1, -0.05) is 4.57 Å². The molecule has 0 aliphatic rings. The maximum Gasteiger partial charge on any atom is 0.400 e. The first kappa shape index (κ1) is 5.90. The maximum absolute atomic E-state index is 9.38. The van der Waals surface area contributed by atoms with Crippen LogP contribution in [0.3, 0.4) is 0 Å². The van der Waals surface area contributed by atoms with E-state index in [1.807, 2.05) is 0 Å². The highest BCUT2D eigenvalue weighted by atomic mass is 32.7. The minimum absolute atomic E-state index is 0.245. The fraction of sp³-hybridized carbons (Fsp3) is 0. The SMILES string of the molecule is N#CS[P+](=O)[O-]. The summed E-state index contributed by atoms with van der Waals surface area (Å²) in [7, 11) is -2.55. The second-order valence-electron chi connectivity index (χ2n) is 0.406. The van der Waals surface area contributed by atoms with E-state index in [1.165, 1.54) is 5.40 Å². The Labute approximate surface area is 39.6 Å². The van der Waals surface area contributed by atoms with E-state index in [0.717, 1.165) is 0 Å². The Kier molecular flexibility index (Phi) is 3.05. The van der Waals surface area contributed by atoms with E-state index in [2.05, 4.69) is 0 Å². The molecular weight excluding hydrogens is 121 g/mol. The van der Waals surface area contributed by atoms with Crippen LogP contribution in [-0.4, -0.2) is 0 Å². The Balaban J connectivity index is 3.13. The van der Waals surface area contributed by atoms with Crippen molar-refractivity contribution < 1.29 is 9.46 Å². The molecule has 0 aromatic carbocycles. The monoisotopic (exact) mass is 121 g/mol. The van der Waals surface area contributed by atoms with Gasteiger partial charge >= 0.3 is 7.23 Å². The van der Waals surface area contributed by atoms with Crippen LogP contribution in [0.5, 0.6) is 0 Å². The zero-order valence-electron chi connectivity index (χ0n) is 2.62. The van der Waals surface area contributed by atoms with Crippen molar-refractivity contribution in [2.24, 2.45) is 0 Å². The summed E-state index contributed by atoms with van der Waals surface area (Å²) in [4.78, 5) is 9.38. The van der Waals surface area contributed by atoms with Gasteiger partial charge in [-0.05, 0) is 0 Å². The molecule has 32 valence electrons. The normalized spacial score (nSPS) is 9.67. The van der Waals surface area contributed by atoms with Gasteiger partial charge in [0.1, 0.15) is 0 Å². The van der Waals surface area contributed by atoms with Crippen molar-refractivity contribution >= 4 is 18.6 Å². The van der Waals surface area contributed by atoms with E-state index >= 15 is 0 Å². The summed E-state index contributed by atoms with van der Waals surface area (Å²) >= 11 is 0.245. The van der Waals surface area contributed by atoms with Gasteiger partial charge in [0.25, 0.3) is 0 Å². The van der Waals surface area contributed by atoms with Gasteiger partial charge in [-0.2, -0.15) is 5.26 Å². The van der Waals surface area contributed by atoms with Gasteiger partial charge in [0, 0.05) is 0 Å². The molecule has 1 atom stereocenters. The van der Waals surface area contributed by atoms with Crippen LogP contribution in [0.25, 0.3) is 0 Å². The molecule has 0 fully saturated rings. The first-order valence-corrected chi connectivity index (χ1v) is 3.57. The van der Waals surface area contributed by atoms with Gasteiger partial charge in [-0.3, -0.25) is 0 Å². The molecule has 0 saturated carbocycles. The Morgan fingerprint density at radius 2 is 2.50 bits per heavy atom. The van der Waals surface area contributed by atoms with E-state index in [-0.39, 0.29) is 11.4 Å². The molecule has 0 saturated heterocycles. The smallest absolute Gasteiger partial charge is 0.400 e. The number of hydrogen-bond donors (Lipinski definition) is 0. The summed E-state index contributed by atoms with van der Waals surface area (Å²) < 4.78 is 9.38. The van der Waals surface area contributed by atoms with E-state index in [4.69, 9.17) is 5.26 Å². The van der Waals surface area contributed by atoms with E-state index in [1.54, 1.807) is 0 Å². The minimum Gasteiger partial charge on any atom is -0.584 e. The fourth-order valence-corrected chi connectivity index (χ4v) is 0.300. The molecule has 6 heavy (non-hydrogen) atoms. The maximum atomic E-state index is 9.38. The summed E-state index contributed by atoms with van der Waals surface area (Å²) in [6.45, 7) is 0. The van der Waals surface area contributed by atoms with Crippen LogP contribution in [-0.2, 0) is 4.57 Å². The zero-order chi connectivity index (χ0) is 4.99. The third kappa shape index (κ3) is 3.90. The molecule has 0 rings (SSSR count). The Morgan fingerprint density at radius 3 is 2.50 bits per heavy atom. The van der Waals surface area contributed by atoms with Crippen molar-refractivity contribution in [1.29, 1.82) is 5.26 Å². The predicted molar refractivity (Wildman–Crippen MR) is 20.8 cm³/mol. The Bertz CT molecular complexity index is 96.2. The first-order chi connectivity index (χ1) is 2.77. The largest absolute Gasteiger partial charge is 0.584 e. The van der Waals surface area contributed by atoms with Crippen molar-refractivity contribution in [2.45, 2.75) is 0 Å². The van der Waals surface area contributed by atoms with Crippen molar-refractivity contribution in [3.63, 3.8) is 0 Å². The molecule has 0 aromatic rings. The molecular formula is CNO2PS. The molecule has 0 bridgehead atoms. The highest BCUT2D eigenvalue weighted by Crippen LogP contribution is 2.25. The lowest BCUT2D eigenvalue weighted by Crippen LogP contribution is -1.76. The molecule has 0 aliphatic carbocycles. The van der Waals surface area contributed by atoms with Gasteiger partial charge in [-0.25, -0.2) is 0 Å². The fourth-order valence-electron chi connectivity index (χ4n) is 0.0333. The molecule has 5 heteroatoms. The molecule has 0 heterocycles. The lowest BCUT2D eigenvalue weighted by Gasteiger charge is -1.65. The molecule has 0 N–H and O–H groups in total. The van der Waals surface area contributed by atoms with E-state index < -0.39 is 7.23 Å². The lowest BCUT2D eigenvalue weighted by molar-refractivity contribution is -0.157. The van der Waals surface area contributed by atoms with E-state index in [9.17, 15) is 9.46 Å². The van der Waals surface area contributed by atoms with Gasteiger partial charge < -0.3 is 4.89 Å². The third-order valence-corrected chi connectivity index (χ3v) is 1.04. The van der Waals surface area contributed by atoms with Crippen LogP contribution in [0.2, 0.25) is 0 Å². The average molecular weight is 121 g/mol. The van der Waals surface area contributed by atoms with Gasteiger partial charge in [0.2, 0.25) is 11.4 Å². The second kappa shape index (κ2) is 3.10. The Hall–Kier alpha value is -0.100. The molecule has 0 aliphatic heterocycles. The van der Waals surface area contributed by atoms with Crippen LogP contribution in [0.1, 0.15) is 0 Å².